The summed E-state index contributed by atoms with van der Waals surface area (Å²) < 4.78 is 0. The molecule has 3 heterocycles. The standard InChI is InChI=1S/C20H23N3O/c24-20(9-5-4-8-15-6-2-1-3-7-15)23-16-10-11-19(23)17-13-21-14-22-18(17)12-16/h1-3,6-7,13-14,16,19H,4-5,8-12H2. The number of hydrogen-bond acceptors (Lipinski definition) is 3. The van der Waals surface area contributed by atoms with Crippen LogP contribution in [0.1, 0.15) is 55.0 Å². The van der Waals surface area contributed by atoms with E-state index in [-0.39, 0.29) is 6.04 Å². The Bertz CT molecular complexity index is 716. The summed E-state index contributed by atoms with van der Waals surface area (Å²) in [5.74, 6) is 0.310. The number of nitrogens with zero attached hydrogens (tertiary/aromatic N) is 3. The molecule has 24 heavy (non-hydrogen) atoms. The monoisotopic (exact) mass is 321 g/mol. The van der Waals surface area contributed by atoms with E-state index in [4.69, 9.17) is 0 Å². The van der Waals surface area contributed by atoms with Gasteiger partial charge in [0.05, 0.1) is 11.7 Å². The van der Waals surface area contributed by atoms with E-state index in [1.54, 1.807) is 6.33 Å². The maximum Gasteiger partial charge on any atom is 0.223 e. The predicted molar refractivity (Wildman–Crippen MR) is 92.3 cm³/mol. The number of fused-ring (bicyclic) bond motifs is 4. The highest BCUT2D eigenvalue weighted by Gasteiger charge is 2.42. The van der Waals surface area contributed by atoms with Crippen LogP contribution in [-0.2, 0) is 17.6 Å². The van der Waals surface area contributed by atoms with Gasteiger partial charge in [-0.2, -0.15) is 0 Å². The van der Waals surface area contributed by atoms with Crippen LogP contribution in [0.2, 0.25) is 0 Å². The number of aryl methyl sites for hydroxylation is 1. The molecule has 1 aromatic heterocycles. The summed E-state index contributed by atoms with van der Waals surface area (Å²) in [6, 6.07) is 11.1. The Morgan fingerprint density at radius 1 is 1.17 bits per heavy atom. The van der Waals surface area contributed by atoms with Crippen LogP contribution in [0.15, 0.2) is 42.9 Å². The number of rotatable bonds is 5. The van der Waals surface area contributed by atoms with E-state index in [1.807, 2.05) is 12.3 Å². The van der Waals surface area contributed by atoms with Crippen molar-refractivity contribution in [2.45, 2.75) is 57.0 Å². The van der Waals surface area contributed by atoms with Crippen molar-refractivity contribution < 1.29 is 4.79 Å². The van der Waals surface area contributed by atoms with Crippen LogP contribution >= 0.6 is 0 Å². The van der Waals surface area contributed by atoms with Crippen molar-refractivity contribution in [3.05, 3.63) is 59.7 Å². The zero-order valence-corrected chi connectivity index (χ0v) is 13.9. The van der Waals surface area contributed by atoms with Crippen molar-refractivity contribution in [1.29, 1.82) is 0 Å². The van der Waals surface area contributed by atoms with Gasteiger partial charge >= 0.3 is 0 Å². The van der Waals surface area contributed by atoms with Gasteiger partial charge in [-0.15, -0.1) is 0 Å². The molecular weight excluding hydrogens is 298 g/mol. The molecule has 1 saturated heterocycles. The molecule has 1 fully saturated rings. The number of unbranched alkanes of at least 4 members (excludes halogenated alkanes) is 1. The Labute approximate surface area is 142 Å². The van der Waals surface area contributed by atoms with E-state index in [9.17, 15) is 4.79 Å². The van der Waals surface area contributed by atoms with Crippen LogP contribution in [0.3, 0.4) is 0 Å². The van der Waals surface area contributed by atoms with Gasteiger partial charge in [0.2, 0.25) is 5.91 Å². The summed E-state index contributed by atoms with van der Waals surface area (Å²) in [6.07, 6.45) is 10.3. The summed E-state index contributed by atoms with van der Waals surface area (Å²) in [4.78, 5) is 23.5. The van der Waals surface area contributed by atoms with Crippen molar-refractivity contribution >= 4 is 5.91 Å². The van der Waals surface area contributed by atoms with Crippen LogP contribution in [0, 0.1) is 0 Å². The molecule has 4 nitrogen and oxygen atoms in total. The van der Waals surface area contributed by atoms with Crippen LogP contribution in [0.5, 0.6) is 0 Å². The van der Waals surface area contributed by atoms with Gasteiger partial charge < -0.3 is 4.90 Å². The fourth-order valence-corrected chi connectivity index (χ4v) is 4.18. The number of aromatic nitrogens is 2. The van der Waals surface area contributed by atoms with Crippen LogP contribution in [0.4, 0.5) is 0 Å². The predicted octanol–water partition coefficient (Wildman–Crippen LogP) is 3.48. The van der Waals surface area contributed by atoms with Crippen molar-refractivity contribution in [3.8, 4) is 0 Å². The Kier molecular flexibility index (Phi) is 4.28. The molecule has 124 valence electrons. The molecule has 4 rings (SSSR count). The first-order valence-corrected chi connectivity index (χ1v) is 8.97. The van der Waals surface area contributed by atoms with E-state index in [0.717, 1.165) is 44.2 Å². The van der Waals surface area contributed by atoms with E-state index in [2.05, 4.69) is 39.1 Å². The van der Waals surface area contributed by atoms with Gasteiger partial charge in [-0.3, -0.25) is 4.79 Å². The minimum Gasteiger partial charge on any atom is -0.332 e. The van der Waals surface area contributed by atoms with E-state index < -0.39 is 0 Å². The maximum atomic E-state index is 12.8. The third-order valence-electron chi connectivity index (χ3n) is 5.35. The van der Waals surface area contributed by atoms with Gasteiger partial charge in [0.1, 0.15) is 6.33 Å². The lowest BCUT2D eigenvalue weighted by Crippen LogP contribution is -2.42. The Balaban J connectivity index is 1.34. The van der Waals surface area contributed by atoms with Gasteiger partial charge in [0.25, 0.3) is 0 Å². The summed E-state index contributed by atoms with van der Waals surface area (Å²) in [7, 11) is 0. The third-order valence-corrected chi connectivity index (χ3v) is 5.35. The Hall–Kier alpha value is -2.23. The highest BCUT2D eigenvalue weighted by atomic mass is 16.2. The second kappa shape index (κ2) is 6.71. The van der Waals surface area contributed by atoms with E-state index >= 15 is 0 Å². The normalized spacial score (nSPS) is 21.6. The Morgan fingerprint density at radius 2 is 2.04 bits per heavy atom. The zero-order valence-electron chi connectivity index (χ0n) is 13.9. The first-order chi connectivity index (χ1) is 11.8. The first kappa shape index (κ1) is 15.3. The molecule has 2 bridgehead atoms. The molecule has 1 amide bonds. The average Bonchev–Trinajstić information content (AvgIpc) is 2.94. The summed E-state index contributed by atoms with van der Waals surface area (Å²) >= 11 is 0. The highest BCUT2D eigenvalue weighted by Crippen LogP contribution is 2.43. The smallest absolute Gasteiger partial charge is 0.223 e. The fraction of sp³-hybridized carbons (Fsp3) is 0.450. The number of amides is 1. The SMILES string of the molecule is O=C(CCCCc1ccccc1)N1C2CCC1c1cncnc1C2. The lowest BCUT2D eigenvalue weighted by atomic mass is 9.98. The first-order valence-electron chi connectivity index (χ1n) is 8.97. The molecule has 1 aromatic carbocycles. The summed E-state index contributed by atoms with van der Waals surface area (Å²) in [6.45, 7) is 0. The maximum absolute atomic E-state index is 12.8. The van der Waals surface area contributed by atoms with Crippen LogP contribution in [0.25, 0.3) is 0 Å². The van der Waals surface area contributed by atoms with Gasteiger partial charge in [-0.1, -0.05) is 30.3 Å². The molecule has 2 atom stereocenters. The molecule has 2 aromatic rings. The van der Waals surface area contributed by atoms with Gasteiger partial charge in [0.15, 0.2) is 0 Å². The topological polar surface area (TPSA) is 46.1 Å². The molecule has 0 N–H and O–H groups in total. The molecule has 0 saturated carbocycles. The number of carbonyl (C=O) groups is 1. The molecule has 0 radical (unpaired) electrons. The second-order valence-corrected chi connectivity index (χ2v) is 6.87. The van der Waals surface area contributed by atoms with Crippen molar-refractivity contribution in [2.75, 3.05) is 0 Å². The molecule has 2 aliphatic rings. The van der Waals surface area contributed by atoms with E-state index in [0.29, 0.717) is 18.4 Å². The zero-order chi connectivity index (χ0) is 16.4. The highest BCUT2D eigenvalue weighted by molar-refractivity contribution is 5.78. The van der Waals surface area contributed by atoms with Crippen LogP contribution in [-0.4, -0.2) is 26.8 Å². The molecule has 2 unspecified atom stereocenters. The summed E-state index contributed by atoms with van der Waals surface area (Å²) in [5.41, 5.74) is 3.67. The number of carbonyl (C=O) groups excluding carboxylic acids is 1. The molecule has 0 aliphatic carbocycles. The van der Waals surface area contributed by atoms with E-state index in [1.165, 1.54) is 11.1 Å². The van der Waals surface area contributed by atoms with Crippen LogP contribution < -0.4 is 0 Å². The number of benzene rings is 1. The molecule has 4 heteroatoms. The molecule has 2 aliphatic heterocycles. The fourth-order valence-electron chi connectivity index (χ4n) is 4.18. The van der Waals surface area contributed by atoms with Gasteiger partial charge in [0, 0.05) is 30.6 Å². The minimum atomic E-state index is 0.210. The van der Waals surface area contributed by atoms with Gasteiger partial charge in [-0.25, -0.2) is 9.97 Å². The largest absolute Gasteiger partial charge is 0.332 e. The Morgan fingerprint density at radius 3 is 2.92 bits per heavy atom. The van der Waals surface area contributed by atoms with Crippen molar-refractivity contribution in [1.82, 2.24) is 14.9 Å². The van der Waals surface area contributed by atoms with Gasteiger partial charge in [-0.05, 0) is 37.7 Å². The molecular formula is C20H23N3O. The number of hydrogen-bond donors (Lipinski definition) is 0. The molecule has 0 spiro atoms. The van der Waals surface area contributed by atoms with Crippen molar-refractivity contribution in [2.24, 2.45) is 0 Å². The lowest BCUT2D eigenvalue weighted by molar-refractivity contribution is -0.134. The van der Waals surface area contributed by atoms with Crippen molar-refractivity contribution in [3.63, 3.8) is 0 Å². The lowest BCUT2D eigenvalue weighted by Gasteiger charge is -2.35. The second-order valence-electron chi connectivity index (χ2n) is 6.87. The minimum absolute atomic E-state index is 0.210. The average molecular weight is 321 g/mol. The summed E-state index contributed by atoms with van der Waals surface area (Å²) in [5, 5.41) is 0. The quantitative estimate of drug-likeness (QED) is 0.792. The third kappa shape index (κ3) is 2.93.